The Morgan fingerprint density at radius 1 is 1.35 bits per heavy atom. The molecule has 0 saturated carbocycles. The molecule has 1 saturated heterocycles. The molecule has 1 aliphatic rings. The Kier molecular flexibility index (Phi) is 5.90. The van der Waals surface area contributed by atoms with E-state index in [4.69, 9.17) is 10.5 Å². The van der Waals surface area contributed by atoms with Crippen molar-refractivity contribution in [3.05, 3.63) is 35.4 Å². The van der Waals surface area contributed by atoms with Crippen molar-refractivity contribution in [1.29, 1.82) is 0 Å². The van der Waals surface area contributed by atoms with E-state index in [9.17, 15) is 0 Å². The van der Waals surface area contributed by atoms with Gasteiger partial charge < -0.3 is 10.5 Å². The molecule has 2 rings (SSSR count). The maximum atomic E-state index is 6.07. The van der Waals surface area contributed by atoms with E-state index in [0.717, 1.165) is 6.54 Å². The third kappa shape index (κ3) is 3.55. The van der Waals surface area contributed by atoms with Crippen molar-refractivity contribution in [1.82, 2.24) is 4.90 Å². The van der Waals surface area contributed by atoms with E-state index in [2.05, 4.69) is 54.8 Å². The standard InChI is InChI=1S/C16H26N2OS/c1-12-13(2)20-9-8-18(12)16(10-17)15-6-4-14(5-7-15)11-19-3/h4-7,12-13,16H,8-11,17H2,1-3H3. The molecule has 0 aromatic heterocycles. The van der Waals surface area contributed by atoms with Crippen molar-refractivity contribution in [2.45, 2.75) is 37.8 Å². The Balaban J connectivity index is 2.14. The summed E-state index contributed by atoms with van der Waals surface area (Å²) in [6, 6.07) is 9.59. The summed E-state index contributed by atoms with van der Waals surface area (Å²) in [5.41, 5.74) is 8.60. The number of hydrogen-bond acceptors (Lipinski definition) is 4. The topological polar surface area (TPSA) is 38.5 Å². The summed E-state index contributed by atoms with van der Waals surface area (Å²) in [5.74, 6) is 1.20. The molecule has 0 spiro atoms. The fraction of sp³-hybridized carbons (Fsp3) is 0.625. The number of methoxy groups -OCH3 is 1. The third-order valence-electron chi connectivity index (χ3n) is 4.23. The number of nitrogens with two attached hydrogens (primary N) is 1. The summed E-state index contributed by atoms with van der Waals surface area (Å²) in [6.45, 7) is 7.10. The molecule has 2 N–H and O–H groups in total. The van der Waals surface area contributed by atoms with Gasteiger partial charge in [0.25, 0.3) is 0 Å². The summed E-state index contributed by atoms with van der Waals surface area (Å²) in [7, 11) is 1.73. The normalized spacial score (nSPS) is 25.6. The fourth-order valence-electron chi connectivity index (χ4n) is 2.86. The minimum atomic E-state index is 0.324. The van der Waals surface area contributed by atoms with E-state index in [1.165, 1.54) is 16.9 Å². The van der Waals surface area contributed by atoms with Gasteiger partial charge in [-0.2, -0.15) is 11.8 Å². The van der Waals surface area contributed by atoms with Crippen LogP contribution < -0.4 is 5.73 Å². The van der Waals surface area contributed by atoms with Gasteiger partial charge in [-0.25, -0.2) is 0 Å². The lowest BCUT2D eigenvalue weighted by Gasteiger charge is -2.42. The van der Waals surface area contributed by atoms with Gasteiger partial charge in [0.05, 0.1) is 6.61 Å². The van der Waals surface area contributed by atoms with Crippen molar-refractivity contribution in [3.63, 3.8) is 0 Å². The molecule has 0 bridgehead atoms. The smallest absolute Gasteiger partial charge is 0.0713 e. The van der Waals surface area contributed by atoms with Crippen LogP contribution in [-0.2, 0) is 11.3 Å². The van der Waals surface area contributed by atoms with Gasteiger partial charge >= 0.3 is 0 Å². The van der Waals surface area contributed by atoms with Crippen LogP contribution in [0.25, 0.3) is 0 Å². The van der Waals surface area contributed by atoms with E-state index in [0.29, 0.717) is 30.5 Å². The summed E-state index contributed by atoms with van der Waals surface area (Å²) in [6.07, 6.45) is 0. The fourth-order valence-corrected chi connectivity index (χ4v) is 3.98. The van der Waals surface area contributed by atoms with Gasteiger partial charge in [-0.1, -0.05) is 31.2 Å². The van der Waals surface area contributed by atoms with Gasteiger partial charge in [-0.3, -0.25) is 4.90 Å². The Hall–Kier alpha value is -0.550. The van der Waals surface area contributed by atoms with Gasteiger partial charge in [-0.15, -0.1) is 0 Å². The molecule has 1 aromatic carbocycles. The van der Waals surface area contributed by atoms with E-state index in [-0.39, 0.29) is 0 Å². The first-order valence-corrected chi connectivity index (χ1v) is 8.37. The lowest BCUT2D eigenvalue weighted by atomic mass is 10.0. The Morgan fingerprint density at radius 3 is 2.65 bits per heavy atom. The van der Waals surface area contributed by atoms with Crippen LogP contribution in [0, 0.1) is 0 Å². The van der Waals surface area contributed by atoms with Crippen LogP contribution in [0.4, 0.5) is 0 Å². The van der Waals surface area contributed by atoms with E-state index >= 15 is 0 Å². The number of benzene rings is 1. The maximum Gasteiger partial charge on any atom is 0.0713 e. The molecule has 0 amide bonds. The molecular formula is C16H26N2OS. The molecule has 1 aliphatic heterocycles. The van der Waals surface area contributed by atoms with Gasteiger partial charge in [-0.05, 0) is 18.1 Å². The average Bonchev–Trinajstić information content (AvgIpc) is 2.46. The van der Waals surface area contributed by atoms with Crippen molar-refractivity contribution < 1.29 is 4.74 Å². The van der Waals surface area contributed by atoms with E-state index < -0.39 is 0 Å². The van der Waals surface area contributed by atoms with Crippen molar-refractivity contribution >= 4 is 11.8 Å². The second kappa shape index (κ2) is 7.46. The molecule has 4 heteroatoms. The van der Waals surface area contributed by atoms with Crippen LogP contribution in [-0.4, -0.2) is 42.1 Å². The SMILES string of the molecule is COCc1ccc(C(CN)N2CCSC(C)C2C)cc1. The molecule has 112 valence electrons. The quantitative estimate of drug-likeness (QED) is 0.906. The van der Waals surface area contributed by atoms with E-state index in [1.54, 1.807) is 7.11 Å². The van der Waals surface area contributed by atoms with Crippen LogP contribution in [0.2, 0.25) is 0 Å². The Bertz CT molecular complexity index is 409. The predicted octanol–water partition coefficient (Wildman–Crippen LogP) is 2.66. The first-order valence-electron chi connectivity index (χ1n) is 7.32. The lowest BCUT2D eigenvalue weighted by Crippen LogP contribution is -2.48. The highest BCUT2D eigenvalue weighted by molar-refractivity contribution is 8.00. The van der Waals surface area contributed by atoms with Crippen LogP contribution in [0.1, 0.15) is 31.0 Å². The van der Waals surface area contributed by atoms with Crippen molar-refractivity contribution in [2.24, 2.45) is 5.73 Å². The van der Waals surface area contributed by atoms with Crippen LogP contribution in [0.15, 0.2) is 24.3 Å². The highest BCUT2D eigenvalue weighted by Gasteiger charge is 2.30. The summed E-state index contributed by atoms with van der Waals surface area (Å²) >= 11 is 2.06. The summed E-state index contributed by atoms with van der Waals surface area (Å²) < 4.78 is 5.16. The minimum Gasteiger partial charge on any atom is -0.380 e. The summed E-state index contributed by atoms with van der Waals surface area (Å²) in [4.78, 5) is 2.56. The molecule has 3 atom stereocenters. The minimum absolute atomic E-state index is 0.324. The van der Waals surface area contributed by atoms with Gasteiger partial charge in [0, 0.05) is 43.3 Å². The zero-order valence-electron chi connectivity index (χ0n) is 12.7. The molecule has 3 unspecified atom stereocenters. The number of thioether (sulfide) groups is 1. The highest BCUT2D eigenvalue weighted by Crippen LogP contribution is 2.31. The Labute approximate surface area is 126 Å². The molecule has 20 heavy (non-hydrogen) atoms. The van der Waals surface area contributed by atoms with Gasteiger partial charge in [0.15, 0.2) is 0 Å². The molecule has 1 aromatic rings. The molecule has 0 radical (unpaired) electrons. The van der Waals surface area contributed by atoms with Gasteiger partial charge in [0.2, 0.25) is 0 Å². The number of hydrogen-bond donors (Lipinski definition) is 1. The van der Waals surface area contributed by atoms with Crippen molar-refractivity contribution in [3.8, 4) is 0 Å². The second-order valence-electron chi connectivity index (χ2n) is 5.48. The monoisotopic (exact) mass is 294 g/mol. The lowest BCUT2D eigenvalue weighted by molar-refractivity contribution is 0.150. The van der Waals surface area contributed by atoms with Crippen LogP contribution in [0.5, 0.6) is 0 Å². The highest BCUT2D eigenvalue weighted by atomic mass is 32.2. The largest absolute Gasteiger partial charge is 0.380 e. The van der Waals surface area contributed by atoms with Crippen LogP contribution >= 0.6 is 11.8 Å². The molecule has 1 fully saturated rings. The van der Waals surface area contributed by atoms with Crippen LogP contribution in [0.3, 0.4) is 0 Å². The molecule has 3 nitrogen and oxygen atoms in total. The first-order chi connectivity index (χ1) is 9.67. The number of rotatable bonds is 5. The van der Waals surface area contributed by atoms with Crippen molar-refractivity contribution in [2.75, 3.05) is 26.0 Å². The maximum absolute atomic E-state index is 6.07. The zero-order valence-corrected chi connectivity index (χ0v) is 13.5. The zero-order chi connectivity index (χ0) is 14.5. The van der Waals surface area contributed by atoms with Gasteiger partial charge in [0.1, 0.15) is 0 Å². The first kappa shape index (κ1) is 15.8. The molecule has 1 heterocycles. The molecule has 0 aliphatic carbocycles. The third-order valence-corrected chi connectivity index (χ3v) is 5.57. The predicted molar refractivity (Wildman–Crippen MR) is 87.0 cm³/mol. The summed E-state index contributed by atoms with van der Waals surface area (Å²) in [5, 5.41) is 0.672. The second-order valence-corrected chi connectivity index (χ2v) is 6.97. The number of ether oxygens (including phenoxy) is 1. The number of nitrogens with zero attached hydrogens (tertiary/aromatic N) is 1. The molecular weight excluding hydrogens is 268 g/mol. The average molecular weight is 294 g/mol. The van der Waals surface area contributed by atoms with E-state index in [1.807, 2.05) is 0 Å². The Morgan fingerprint density at radius 2 is 2.05 bits per heavy atom.